The van der Waals surface area contributed by atoms with Crippen molar-refractivity contribution in [3.05, 3.63) is 77.9 Å². The molecule has 0 spiro atoms. The zero-order chi connectivity index (χ0) is 23.5. The molecule has 8 nitrogen and oxygen atoms in total. The van der Waals surface area contributed by atoms with E-state index in [0.717, 1.165) is 29.4 Å². The van der Waals surface area contributed by atoms with E-state index in [1.54, 1.807) is 17.0 Å². The Balaban J connectivity index is 1.08. The number of hydrazine groups is 1. The molecule has 3 aromatic carbocycles. The van der Waals surface area contributed by atoms with E-state index >= 15 is 0 Å². The number of hydrogen-bond acceptors (Lipinski definition) is 4. The molecule has 0 radical (unpaired) electrons. The molecule has 174 valence electrons. The predicted molar refractivity (Wildman–Crippen MR) is 130 cm³/mol. The first-order chi connectivity index (χ1) is 16.6. The minimum absolute atomic E-state index is 0.0884. The van der Waals surface area contributed by atoms with Gasteiger partial charge in [0.1, 0.15) is 0 Å². The Morgan fingerprint density at radius 1 is 0.765 bits per heavy atom. The highest BCUT2D eigenvalue weighted by Gasteiger charge is 2.28. The van der Waals surface area contributed by atoms with Gasteiger partial charge in [-0.15, -0.1) is 0 Å². The third kappa shape index (κ3) is 4.58. The van der Waals surface area contributed by atoms with Gasteiger partial charge in [-0.25, -0.2) is 10.2 Å². The van der Waals surface area contributed by atoms with Crippen LogP contribution in [-0.4, -0.2) is 66.9 Å². The van der Waals surface area contributed by atoms with Crippen molar-refractivity contribution >= 4 is 34.3 Å². The monoisotopic (exact) mass is 457 g/mol. The van der Waals surface area contributed by atoms with Crippen LogP contribution >= 0.6 is 0 Å². The van der Waals surface area contributed by atoms with Crippen LogP contribution < -0.4 is 15.8 Å². The van der Waals surface area contributed by atoms with Crippen LogP contribution in [0, 0.1) is 0 Å². The van der Waals surface area contributed by atoms with Gasteiger partial charge < -0.3 is 9.80 Å². The van der Waals surface area contributed by atoms with Crippen LogP contribution in [-0.2, 0) is 11.2 Å². The molecule has 0 aromatic heterocycles. The lowest BCUT2D eigenvalue weighted by Crippen LogP contribution is -2.56. The molecule has 1 fully saturated rings. The smallest absolute Gasteiger partial charge is 0.321 e. The highest BCUT2D eigenvalue weighted by molar-refractivity contribution is 5.99. The Morgan fingerprint density at radius 3 is 2.32 bits per heavy atom. The third-order valence-corrected chi connectivity index (χ3v) is 6.50. The number of carbonyl (C=O) groups is 3. The molecule has 3 aromatic rings. The van der Waals surface area contributed by atoms with Crippen LogP contribution in [0.5, 0.6) is 0 Å². The molecular formula is C26H27N5O3. The molecule has 1 saturated heterocycles. The first-order valence-electron chi connectivity index (χ1n) is 11.5. The SMILES string of the molecule is O=C(NNC(=O)N1CCN(CC(=O)N2CCc3ccccc32)CC1)c1ccc2ccccc2c1. The molecule has 0 bridgehead atoms. The first-order valence-corrected chi connectivity index (χ1v) is 11.5. The van der Waals surface area contributed by atoms with Gasteiger partial charge in [0.2, 0.25) is 5.91 Å². The maximum absolute atomic E-state index is 12.8. The zero-order valence-electron chi connectivity index (χ0n) is 18.9. The number of benzene rings is 3. The van der Waals surface area contributed by atoms with E-state index in [1.165, 1.54) is 5.56 Å². The summed E-state index contributed by atoms with van der Waals surface area (Å²) in [6.07, 6.45) is 0.890. The lowest BCUT2D eigenvalue weighted by Gasteiger charge is -2.34. The molecule has 0 atom stereocenters. The van der Waals surface area contributed by atoms with Crippen molar-refractivity contribution in [3.8, 4) is 0 Å². The quantitative estimate of drug-likeness (QED) is 0.592. The minimum atomic E-state index is -0.366. The van der Waals surface area contributed by atoms with E-state index in [0.29, 0.717) is 38.3 Å². The van der Waals surface area contributed by atoms with Gasteiger partial charge in [-0.1, -0.05) is 48.5 Å². The number of hydrogen-bond donors (Lipinski definition) is 2. The van der Waals surface area contributed by atoms with Crippen LogP contribution in [0.25, 0.3) is 10.8 Å². The van der Waals surface area contributed by atoms with Gasteiger partial charge >= 0.3 is 6.03 Å². The number of urea groups is 1. The molecule has 0 aliphatic carbocycles. The number of rotatable bonds is 3. The van der Waals surface area contributed by atoms with Crippen molar-refractivity contribution in [1.29, 1.82) is 0 Å². The summed E-state index contributed by atoms with van der Waals surface area (Å²) < 4.78 is 0. The first kappa shape index (κ1) is 21.9. The molecule has 34 heavy (non-hydrogen) atoms. The maximum atomic E-state index is 12.8. The van der Waals surface area contributed by atoms with Crippen molar-refractivity contribution in [3.63, 3.8) is 0 Å². The second kappa shape index (κ2) is 9.52. The highest BCUT2D eigenvalue weighted by atomic mass is 16.2. The van der Waals surface area contributed by atoms with Crippen LogP contribution in [0.3, 0.4) is 0 Å². The molecule has 2 heterocycles. The van der Waals surface area contributed by atoms with Crippen molar-refractivity contribution < 1.29 is 14.4 Å². The second-order valence-corrected chi connectivity index (χ2v) is 8.63. The Kier molecular flexibility index (Phi) is 6.14. The largest absolute Gasteiger partial charge is 0.336 e. The van der Waals surface area contributed by atoms with E-state index < -0.39 is 0 Å². The third-order valence-electron chi connectivity index (χ3n) is 6.50. The number of piperazine rings is 1. The Hall–Kier alpha value is -3.91. The maximum Gasteiger partial charge on any atom is 0.336 e. The summed E-state index contributed by atoms with van der Waals surface area (Å²) in [6.45, 7) is 3.24. The lowest BCUT2D eigenvalue weighted by atomic mass is 10.1. The van der Waals surface area contributed by atoms with Crippen molar-refractivity contribution in [2.24, 2.45) is 0 Å². The Morgan fingerprint density at radius 2 is 1.50 bits per heavy atom. The number of anilines is 1. The van der Waals surface area contributed by atoms with Gasteiger partial charge in [0.25, 0.3) is 5.91 Å². The van der Waals surface area contributed by atoms with Gasteiger partial charge in [0.05, 0.1) is 6.54 Å². The molecule has 0 saturated carbocycles. The standard InChI is InChI=1S/C26H27N5O3/c32-24(31-12-11-20-6-3-4-8-23(20)31)18-29-13-15-30(16-14-29)26(34)28-27-25(33)22-10-9-19-5-1-2-7-21(19)17-22/h1-10,17H,11-16,18H2,(H,27,33)(H,28,34). The summed E-state index contributed by atoms with van der Waals surface area (Å²) in [5.41, 5.74) is 7.70. The van der Waals surface area contributed by atoms with Gasteiger partial charge in [0, 0.05) is 44.0 Å². The van der Waals surface area contributed by atoms with E-state index in [9.17, 15) is 14.4 Å². The number of carbonyl (C=O) groups excluding carboxylic acids is 3. The predicted octanol–water partition coefficient (Wildman–Crippen LogP) is 2.40. The Bertz CT molecular complexity index is 1240. The van der Waals surface area contributed by atoms with Crippen LogP contribution in [0.15, 0.2) is 66.7 Å². The van der Waals surface area contributed by atoms with E-state index in [1.807, 2.05) is 53.4 Å². The zero-order valence-corrected chi connectivity index (χ0v) is 18.9. The average Bonchev–Trinajstić information content (AvgIpc) is 3.31. The van der Waals surface area contributed by atoms with Gasteiger partial charge in [0.15, 0.2) is 0 Å². The summed E-state index contributed by atoms with van der Waals surface area (Å²) >= 11 is 0. The number of nitrogens with one attached hydrogen (secondary N) is 2. The Labute approximate surface area is 198 Å². The summed E-state index contributed by atoms with van der Waals surface area (Å²) in [6, 6.07) is 20.9. The molecule has 8 heteroatoms. The number of nitrogens with zero attached hydrogens (tertiary/aromatic N) is 3. The topological polar surface area (TPSA) is 85.0 Å². The fourth-order valence-corrected chi connectivity index (χ4v) is 4.58. The second-order valence-electron chi connectivity index (χ2n) is 8.63. The fourth-order valence-electron chi connectivity index (χ4n) is 4.58. The molecule has 2 aliphatic rings. The van der Waals surface area contributed by atoms with Crippen molar-refractivity contribution in [1.82, 2.24) is 20.7 Å². The van der Waals surface area contributed by atoms with E-state index in [4.69, 9.17) is 0 Å². The summed E-state index contributed by atoms with van der Waals surface area (Å²) in [4.78, 5) is 43.4. The number of fused-ring (bicyclic) bond motifs is 2. The van der Waals surface area contributed by atoms with E-state index in [-0.39, 0.29) is 17.8 Å². The summed E-state index contributed by atoms with van der Waals surface area (Å²) in [7, 11) is 0. The number of amides is 4. The molecule has 4 amide bonds. The molecule has 5 rings (SSSR count). The van der Waals surface area contributed by atoms with Gasteiger partial charge in [-0.3, -0.25) is 19.9 Å². The molecule has 0 unspecified atom stereocenters. The van der Waals surface area contributed by atoms with Crippen LogP contribution in [0.2, 0.25) is 0 Å². The average molecular weight is 458 g/mol. The number of para-hydroxylation sites is 1. The fraction of sp³-hybridized carbons (Fsp3) is 0.269. The highest BCUT2D eigenvalue weighted by Crippen LogP contribution is 2.27. The van der Waals surface area contributed by atoms with Gasteiger partial charge in [-0.05, 0) is 41.0 Å². The van der Waals surface area contributed by atoms with Gasteiger partial charge in [-0.2, -0.15) is 0 Å². The van der Waals surface area contributed by atoms with Crippen LogP contribution in [0.1, 0.15) is 15.9 Å². The molecular weight excluding hydrogens is 430 g/mol. The minimum Gasteiger partial charge on any atom is -0.321 e. The van der Waals surface area contributed by atoms with Crippen molar-refractivity contribution in [2.45, 2.75) is 6.42 Å². The van der Waals surface area contributed by atoms with Crippen molar-refractivity contribution in [2.75, 3.05) is 44.2 Å². The molecule has 2 N–H and O–H groups in total. The summed E-state index contributed by atoms with van der Waals surface area (Å²) in [5.74, 6) is -0.278. The van der Waals surface area contributed by atoms with Crippen LogP contribution in [0.4, 0.5) is 10.5 Å². The van der Waals surface area contributed by atoms with E-state index in [2.05, 4.69) is 21.8 Å². The summed E-state index contributed by atoms with van der Waals surface area (Å²) in [5, 5.41) is 2.01. The molecule has 2 aliphatic heterocycles. The lowest BCUT2D eigenvalue weighted by molar-refractivity contribution is -0.120. The normalized spacial score (nSPS) is 15.8.